The Balaban J connectivity index is 2.38. The first kappa shape index (κ1) is 15.8. The van der Waals surface area contributed by atoms with Gasteiger partial charge in [-0.1, -0.05) is 0 Å². The van der Waals surface area contributed by atoms with Crippen molar-refractivity contribution in [2.75, 3.05) is 26.9 Å². The quantitative estimate of drug-likeness (QED) is 0.737. The molecular formula is C13H20F2N2O2. The van der Waals surface area contributed by atoms with Gasteiger partial charge in [0, 0.05) is 30.4 Å². The Morgan fingerprint density at radius 2 is 2.11 bits per heavy atom. The number of aryl methyl sites for hydroxylation is 1. The molecule has 0 aliphatic rings. The molecule has 1 aromatic heterocycles. The van der Waals surface area contributed by atoms with Crippen molar-refractivity contribution >= 4 is 0 Å². The number of hydrogen-bond acceptors (Lipinski definition) is 4. The monoisotopic (exact) mass is 274 g/mol. The third-order valence-electron chi connectivity index (χ3n) is 2.71. The molecule has 0 unspecified atom stereocenters. The van der Waals surface area contributed by atoms with E-state index in [2.05, 4.69) is 10.3 Å². The molecule has 0 aliphatic heterocycles. The highest BCUT2D eigenvalue weighted by Crippen LogP contribution is 2.23. The summed E-state index contributed by atoms with van der Waals surface area (Å²) in [4.78, 5) is 4.33. The lowest BCUT2D eigenvalue weighted by atomic mass is 10.1. The van der Waals surface area contributed by atoms with Crippen LogP contribution < -0.4 is 10.1 Å². The molecule has 0 bridgehead atoms. The number of halogens is 2. The van der Waals surface area contributed by atoms with Gasteiger partial charge in [-0.05, 0) is 13.8 Å². The molecule has 0 spiro atoms. The molecule has 0 saturated heterocycles. The summed E-state index contributed by atoms with van der Waals surface area (Å²) in [6, 6.07) is 0. The van der Waals surface area contributed by atoms with E-state index < -0.39 is 13.0 Å². The normalized spacial score (nSPS) is 11.1. The van der Waals surface area contributed by atoms with E-state index in [-0.39, 0.29) is 6.61 Å². The van der Waals surface area contributed by atoms with Gasteiger partial charge in [0.05, 0.1) is 19.4 Å². The minimum absolute atomic E-state index is 0.256. The summed E-state index contributed by atoms with van der Waals surface area (Å²) in [6.07, 6.45) is -0.652. The molecule has 0 atom stereocenters. The highest BCUT2D eigenvalue weighted by atomic mass is 19.3. The topological polar surface area (TPSA) is 43.4 Å². The number of pyridine rings is 1. The van der Waals surface area contributed by atoms with Crippen molar-refractivity contribution < 1.29 is 18.3 Å². The van der Waals surface area contributed by atoms with Crippen LogP contribution in [-0.4, -0.2) is 38.3 Å². The zero-order valence-electron chi connectivity index (χ0n) is 11.5. The SMILES string of the molecule is COc1c(C)cnc(CNCCOCC(F)F)c1C. The second-order valence-corrected chi connectivity index (χ2v) is 4.19. The number of rotatable bonds is 8. The predicted octanol–water partition coefficient (Wildman–Crippen LogP) is 2.08. The summed E-state index contributed by atoms with van der Waals surface area (Å²) in [5.41, 5.74) is 2.86. The van der Waals surface area contributed by atoms with Gasteiger partial charge < -0.3 is 14.8 Å². The van der Waals surface area contributed by atoms with Crippen LogP contribution in [0.1, 0.15) is 16.8 Å². The summed E-state index contributed by atoms with van der Waals surface area (Å²) in [5.74, 6) is 0.834. The molecule has 19 heavy (non-hydrogen) atoms. The van der Waals surface area contributed by atoms with Crippen molar-refractivity contribution in [1.82, 2.24) is 10.3 Å². The van der Waals surface area contributed by atoms with E-state index in [4.69, 9.17) is 9.47 Å². The highest BCUT2D eigenvalue weighted by molar-refractivity contribution is 5.40. The molecule has 6 heteroatoms. The molecule has 1 rings (SSSR count). The molecule has 0 aromatic carbocycles. The first-order valence-electron chi connectivity index (χ1n) is 6.12. The Morgan fingerprint density at radius 1 is 1.37 bits per heavy atom. The molecule has 1 heterocycles. The lowest BCUT2D eigenvalue weighted by molar-refractivity contribution is 0.0187. The summed E-state index contributed by atoms with van der Waals surface area (Å²) in [7, 11) is 1.63. The first-order valence-corrected chi connectivity index (χ1v) is 6.12. The Bertz CT molecular complexity index is 400. The molecular weight excluding hydrogens is 254 g/mol. The summed E-state index contributed by atoms with van der Waals surface area (Å²) >= 11 is 0. The standard InChI is InChI=1S/C13H20F2N2O2/c1-9-6-17-11(10(2)13(9)18-3)7-16-4-5-19-8-12(14)15/h6,12,16H,4-5,7-8H2,1-3H3. The van der Waals surface area contributed by atoms with E-state index in [0.717, 1.165) is 22.6 Å². The van der Waals surface area contributed by atoms with Crippen molar-refractivity contribution in [1.29, 1.82) is 0 Å². The molecule has 0 amide bonds. The predicted molar refractivity (Wildman–Crippen MR) is 68.8 cm³/mol. The Morgan fingerprint density at radius 3 is 2.74 bits per heavy atom. The van der Waals surface area contributed by atoms with Gasteiger partial charge >= 0.3 is 0 Å². The third-order valence-corrected chi connectivity index (χ3v) is 2.71. The number of hydrogen-bond donors (Lipinski definition) is 1. The molecule has 0 saturated carbocycles. The Labute approximate surface area is 112 Å². The second kappa shape index (κ2) is 8.01. The Hall–Kier alpha value is -1.27. The van der Waals surface area contributed by atoms with E-state index in [1.165, 1.54) is 0 Å². The van der Waals surface area contributed by atoms with Crippen molar-refractivity contribution in [2.24, 2.45) is 0 Å². The van der Waals surface area contributed by atoms with Gasteiger partial charge in [0.2, 0.25) is 0 Å². The molecule has 1 N–H and O–H groups in total. The Kier molecular flexibility index (Phi) is 6.66. The zero-order chi connectivity index (χ0) is 14.3. The summed E-state index contributed by atoms with van der Waals surface area (Å²) < 4.78 is 33.7. The summed E-state index contributed by atoms with van der Waals surface area (Å²) in [6.45, 7) is 4.69. The third kappa shape index (κ3) is 5.08. The van der Waals surface area contributed by atoms with Crippen LogP contribution in [0.4, 0.5) is 8.78 Å². The van der Waals surface area contributed by atoms with Gasteiger partial charge in [-0.2, -0.15) is 0 Å². The number of nitrogens with zero attached hydrogens (tertiary/aromatic N) is 1. The van der Waals surface area contributed by atoms with Gasteiger partial charge in [-0.25, -0.2) is 8.78 Å². The number of methoxy groups -OCH3 is 1. The lowest BCUT2D eigenvalue weighted by Crippen LogP contribution is -2.21. The minimum Gasteiger partial charge on any atom is -0.496 e. The number of ether oxygens (including phenoxy) is 2. The maximum absolute atomic E-state index is 11.8. The van der Waals surface area contributed by atoms with Crippen LogP contribution in [-0.2, 0) is 11.3 Å². The molecule has 1 aromatic rings. The van der Waals surface area contributed by atoms with Crippen LogP contribution in [0, 0.1) is 13.8 Å². The van der Waals surface area contributed by atoms with Crippen LogP contribution in [0.25, 0.3) is 0 Å². The maximum atomic E-state index is 11.8. The molecule has 0 radical (unpaired) electrons. The average Bonchev–Trinajstić information content (AvgIpc) is 2.36. The van der Waals surface area contributed by atoms with Crippen LogP contribution >= 0.6 is 0 Å². The zero-order valence-corrected chi connectivity index (χ0v) is 11.5. The van der Waals surface area contributed by atoms with Crippen molar-refractivity contribution in [2.45, 2.75) is 26.8 Å². The van der Waals surface area contributed by atoms with Gasteiger partial charge in [-0.15, -0.1) is 0 Å². The lowest BCUT2D eigenvalue weighted by Gasteiger charge is -2.12. The second-order valence-electron chi connectivity index (χ2n) is 4.19. The number of nitrogens with one attached hydrogen (secondary N) is 1. The van der Waals surface area contributed by atoms with E-state index in [9.17, 15) is 8.78 Å². The van der Waals surface area contributed by atoms with Crippen molar-refractivity contribution in [3.05, 3.63) is 23.0 Å². The van der Waals surface area contributed by atoms with E-state index >= 15 is 0 Å². The van der Waals surface area contributed by atoms with Crippen LogP contribution in [0.3, 0.4) is 0 Å². The molecule has 108 valence electrons. The van der Waals surface area contributed by atoms with Crippen LogP contribution in [0.5, 0.6) is 5.75 Å². The van der Waals surface area contributed by atoms with Crippen LogP contribution in [0.2, 0.25) is 0 Å². The van der Waals surface area contributed by atoms with E-state index in [1.807, 2.05) is 13.8 Å². The van der Waals surface area contributed by atoms with E-state index in [0.29, 0.717) is 13.1 Å². The van der Waals surface area contributed by atoms with Crippen LogP contribution in [0.15, 0.2) is 6.20 Å². The highest BCUT2D eigenvalue weighted by Gasteiger charge is 2.08. The molecule has 0 aliphatic carbocycles. The first-order chi connectivity index (χ1) is 9.06. The van der Waals surface area contributed by atoms with Gasteiger partial charge in [0.25, 0.3) is 6.43 Å². The maximum Gasteiger partial charge on any atom is 0.261 e. The van der Waals surface area contributed by atoms with Gasteiger partial charge in [0.15, 0.2) is 0 Å². The minimum atomic E-state index is -2.41. The van der Waals surface area contributed by atoms with Gasteiger partial charge in [0.1, 0.15) is 12.4 Å². The molecule has 0 fully saturated rings. The van der Waals surface area contributed by atoms with Crippen molar-refractivity contribution in [3.8, 4) is 5.75 Å². The number of alkyl halides is 2. The average molecular weight is 274 g/mol. The fourth-order valence-corrected chi connectivity index (χ4v) is 1.77. The number of aromatic nitrogens is 1. The fraction of sp³-hybridized carbons (Fsp3) is 0.615. The molecule has 4 nitrogen and oxygen atoms in total. The van der Waals surface area contributed by atoms with E-state index in [1.54, 1.807) is 13.3 Å². The smallest absolute Gasteiger partial charge is 0.261 e. The fourth-order valence-electron chi connectivity index (χ4n) is 1.77. The largest absolute Gasteiger partial charge is 0.496 e. The van der Waals surface area contributed by atoms with Gasteiger partial charge in [-0.3, -0.25) is 4.98 Å². The summed E-state index contributed by atoms with van der Waals surface area (Å²) in [5, 5.41) is 3.10. The van der Waals surface area contributed by atoms with Crippen molar-refractivity contribution in [3.63, 3.8) is 0 Å².